The molecule has 5 nitrogen and oxygen atoms in total. The van der Waals surface area contributed by atoms with Gasteiger partial charge in [-0.3, -0.25) is 9.69 Å². The lowest BCUT2D eigenvalue weighted by Gasteiger charge is -2.14. The van der Waals surface area contributed by atoms with Crippen LogP contribution in [-0.2, 0) is 4.79 Å². The minimum Gasteiger partial charge on any atom is -0.295 e. The van der Waals surface area contributed by atoms with Crippen LogP contribution in [0.5, 0.6) is 0 Å². The van der Waals surface area contributed by atoms with Crippen molar-refractivity contribution in [3.8, 4) is 11.8 Å². The number of likely N-dealkylation sites (N-methyl/N-ethyl adjacent to an activating group) is 1. The standard InChI is InChI=1S/C18H16N4O/c1-18(2)17(23)22(3)16(21-18)15-19-11-14(12-20-15)10-9-13-7-5-4-6-8-13/h4-8,11-12H,1-3H3. The molecule has 0 aliphatic carbocycles. The molecule has 114 valence electrons. The Balaban J connectivity index is 1.84. The Morgan fingerprint density at radius 3 is 2.17 bits per heavy atom. The van der Waals surface area contributed by atoms with Crippen LogP contribution < -0.4 is 0 Å². The monoisotopic (exact) mass is 304 g/mol. The van der Waals surface area contributed by atoms with E-state index in [0.717, 1.165) is 5.56 Å². The fourth-order valence-electron chi connectivity index (χ4n) is 2.27. The smallest absolute Gasteiger partial charge is 0.255 e. The number of aromatic nitrogens is 2. The largest absolute Gasteiger partial charge is 0.295 e. The topological polar surface area (TPSA) is 58.5 Å². The Morgan fingerprint density at radius 1 is 1.00 bits per heavy atom. The summed E-state index contributed by atoms with van der Waals surface area (Å²) in [5.74, 6) is 6.92. The van der Waals surface area contributed by atoms with Gasteiger partial charge in [0, 0.05) is 25.0 Å². The Bertz CT molecular complexity index is 827. The van der Waals surface area contributed by atoms with Crippen molar-refractivity contribution in [1.29, 1.82) is 0 Å². The van der Waals surface area contributed by atoms with Gasteiger partial charge in [-0.25, -0.2) is 15.0 Å². The summed E-state index contributed by atoms with van der Waals surface area (Å²) in [6, 6.07) is 9.72. The molecule has 0 bridgehead atoms. The maximum absolute atomic E-state index is 12.1. The van der Waals surface area contributed by atoms with Gasteiger partial charge in [-0.2, -0.15) is 0 Å². The van der Waals surface area contributed by atoms with Gasteiger partial charge in [0.1, 0.15) is 5.54 Å². The third-order valence-corrected chi connectivity index (χ3v) is 3.51. The molecule has 0 fully saturated rings. The van der Waals surface area contributed by atoms with Crippen LogP contribution in [0, 0.1) is 11.8 Å². The van der Waals surface area contributed by atoms with E-state index < -0.39 is 5.54 Å². The second-order valence-corrected chi connectivity index (χ2v) is 5.77. The number of amidine groups is 1. The zero-order valence-corrected chi connectivity index (χ0v) is 13.2. The van der Waals surface area contributed by atoms with Gasteiger partial charge in [-0.05, 0) is 26.0 Å². The Labute approximate surface area is 135 Å². The molecule has 0 N–H and O–H groups in total. The number of benzene rings is 1. The van der Waals surface area contributed by atoms with Crippen LogP contribution in [-0.4, -0.2) is 39.2 Å². The molecule has 1 aromatic carbocycles. The lowest BCUT2D eigenvalue weighted by molar-refractivity contribution is -0.129. The first-order valence-electron chi connectivity index (χ1n) is 7.25. The molecule has 0 atom stereocenters. The number of hydrogen-bond acceptors (Lipinski definition) is 4. The molecule has 2 heterocycles. The molecular formula is C18H16N4O. The quantitative estimate of drug-likeness (QED) is 0.756. The van der Waals surface area contributed by atoms with Crippen molar-refractivity contribution < 1.29 is 4.79 Å². The fraction of sp³-hybridized carbons (Fsp3) is 0.222. The molecule has 1 aromatic heterocycles. The van der Waals surface area contributed by atoms with E-state index in [1.807, 2.05) is 30.3 Å². The third kappa shape index (κ3) is 2.97. The number of rotatable bonds is 1. The van der Waals surface area contributed by atoms with Gasteiger partial charge in [-0.1, -0.05) is 30.0 Å². The van der Waals surface area contributed by atoms with E-state index in [1.165, 1.54) is 4.90 Å². The minimum absolute atomic E-state index is 0.0657. The van der Waals surface area contributed by atoms with Crippen LogP contribution in [0.4, 0.5) is 0 Å². The van der Waals surface area contributed by atoms with Crippen LogP contribution in [0.1, 0.15) is 30.8 Å². The maximum Gasteiger partial charge on any atom is 0.255 e. The van der Waals surface area contributed by atoms with E-state index in [-0.39, 0.29) is 5.91 Å². The van der Waals surface area contributed by atoms with Crippen LogP contribution >= 0.6 is 0 Å². The number of hydrogen-bond donors (Lipinski definition) is 0. The van der Waals surface area contributed by atoms with Gasteiger partial charge in [0.05, 0.1) is 5.56 Å². The Hall–Kier alpha value is -3.00. The van der Waals surface area contributed by atoms with E-state index in [0.29, 0.717) is 17.2 Å². The van der Waals surface area contributed by atoms with Gasteiger partial charge < -0.3 is 0 Å². The molecule has 0 unspecified atom stereocenters. The molecule has 3 rings (SSSR count). The summed E-state index contributed by atoms with van der Waals surface area (Å²) in [5.41, 5.74) is 0.882. The first kappa shape index (κ1) is 14.9. The van der Waals surface area contributed by atoms with Crippen molar-refractivity contribution in [2.24, 2.45) is 4.99 Å². The number of amides is 1. The molecule has 1 amide bonds. The normalized spacial score (nSPS) is 15.9. The van der Waals surface area contributed by atoms with E-state index in [2.05, 4.69) is 26.8 Å². The summed E-state index contributed by atoms with van der Waals surface area (Å²) in [7, 11) is 1.68. The highest BCUT2D eigenvalue weighted by molar-refractivity contribution is 6.13. The van der Waals surface area contributed by atoms with E-state index in [1.54, 1.807) is 33.3 Å². The van der Waals surface area contributed by atoms with Crippen LogP contribution in [0.15, 0.2) is 47.7 Å². The van der Waals surface area contributed by atoms with E-state index in [9.17, 15) is 4.79 Å². The zero-order valence-electron chi connectivity index (χ0n) is 13.2. The summed E-state index contributed by atoms with van der Waals surface area (Å²) in [6.45, 7) is 3.55. The average Bonchev–Trinajstić information content (AvgIpc) is 2.78. The lowest BCUT2D eigenvalue weighted by Crippen LogP contribution is -2.36. The summed E-state index contributed by atoms with van der Waals surface area (Å²) >= 11 is 0. The number of carbonyl (C=O) groups is 1. The molecule has 1 aliphatic heterocycles. The molecule has 0 saturated carbocycles. The SMILES string of the molecule is CN1C(=O)C(C)(C)N=C1c1ncc(C#Cc2ccccc2)cn1. The van der Waals surface area contributed by atoms with Crippen molar-refractivity contribution in [1.82, 2.24) is 14.9 Å². The second-order valence-electron chi connectivity index (χ2n) is 5.77. The van der Waals surface area contributed by atoms with Crippen LogP contribution in [0.3, 0.4) is 0 Å². The van der Waals surface area contributed by atoms with Gasteiger partial charge in [0.15, 0.2) is 11.7 Å². The van der Waals surface area contributed by atoms with Gasteiger partial charge in [0.25, 0.3) is 5.91 Å². The average molecular weight is 304 g/mol. The van der Waals surface area contributed by atoms with Crippen molar-refractivity contribution >= 4 is 11.7 Å². The second kappa shape index (κ2) is 5.65. The van der Waals surface area contributed by atoms with E-state index in [4.69, 9.17) is 0 Å². The first-order valence-corrected chi connectivity index (χ1v) is 7.25. The van der Waals surface area contributed by atoms with Crippen LogP contribution in [0.2, 0.25) is 0 Å². The fourth-order valence-corrected chi connectivity index (χ4v) is 2.27. The molecule has 1 aliphatic rings. The predicted octanol–water partition coefficient (Wildman–Crippen LogP) is 1.87. The zero-order chi connectivity index (χ0) is 16.4. The summed E-state index contributed by atoms with van der Waals surface area (Å²) in [5, 5.41) is 0. The van der Waals surface area contributed by atoms with Crippen molar-refractivity contribution in [2.75, 3.05) is 7.05 Å². The molecule has 0 radical (unpaired) electrons. The van der Waals surface area contributed by atoms with Crippen LogP contribution in [0.25, 0.3) is 0 Å². The van der Waals surface area contributed by atoms with Crippen molar-refractivity contribution in [3.05, 3.63) is 59.7 Å². The molecule has 0 spiro atoms. The molecular weight excluding hydrogens is 288 g/mol. The maximum atomic E-state index is 12.1. The molecule has 2 aromatic rings. The summed E-state index contributed by atoms with van der Waals surface area (Å²) in [6.07, 6.45) is 3.29. The minimum atomic E-state index is -0.765. The molecule has 23 heavy (non-hydrogen) atoms. The first-order chi connectivity index (χ1) is 11.0. The highest BCUT2D eigenvalue weighted by Crippen LogP contribution is 2.22. The Morgan fingerprint density at radius 2 is 1.61 bits per heavy atom. The number of aliphatic imine (C=N–C) groups is 1. The van der Waals surface area contributed by atoms with Gasteiger partial charge in [0.2, 0.25) is 0 Å². The molecule has 0 saturated heterocycles. The van der Waals surface area contributed by atoms with Crippen molar-refractivity contribution in [2.45, 2.75) is 19.4 Å². The summed E-state index contributed by atoms with van der Waals surface area (Å²) in [4.78, 5) is 26.5. The highest BCUT2D eigenvalue weighted by atomic mass is 16.2. The number of nitrogens with zero attached hydrogens (tertiary/aromatic N) is 4. The Kier molecular flexibility index (Phi) is 3.67. The summed E-state index contributed by atoms with van der Waals surface area (Å²) < 4.78 is 0. The van der Waals surface area contributed by atoms with Gasteiger partial charge in [-0.15, -0.1) is 0 Å². The van der Waals surface area contributed by atoms with Gasteiger partial charge >= 0.3 is 0 Å². The molecule has 5 heteroatoms. The van der Waals surface area contributed by atoms with E-state index >= 15 is 0 Å². The lowest BCUT2D eigenvalue weighted by atomic mass is 10.1. The third-order valence-electron chi connectivity index (χ3n) is 3.51. The highest BCUT2D eigenvalue weighted by Gasteiger charge is 2.40. The predicted molar refractivity (Wildman–Crippen MR) is 87.8 cm³/mol. The number of carbonyl (C=O) groups excluding carboxylic acids is 1. The van der Waals surface area contributed by atoms with Crippen molar-refractivity contribution in [3.63, 3.8) is 0 Å².